The van der Waals surface area contributed by atoms with Crippen molar-refractivity contribution in [1.29, 1.82) is 0 Å². The molecular formula is C8H4FLi. The topological polar surface area (TPSA) is 0 Å². The summed E-state index contributed by atoms with van der Waals surface area (Å²) in [7, 11) is 0. The monoisotopic (exact) mass is 126 g/mol. The molecule has 0 amide bonds. The molecule has 0 nitrogen and oxygen atoms in total. The fourth-order valence-electron chi connectivity index (χ4n) is 0.678. The van der Waals surface area contributed by atoms with Crippen LogP contribution in [0.1, 0.15) is 5.56 Å². The van der Waals surface area contributed by atoms with Gasteiger partial charge in [-0.15, -0.1) is 0 Å². The summed E-state index contributed by atoms with van der Waals surface area (Å²) < 4.78 is 15.0. The van der Waals surface area contributed by atoms with Crippen LogP contribution in [0.2, 0.25) is 0 Å². The van der Waals surface area contributed by atoms with Gasteiger partial charge in [0.2, 0.25) is 0 Å². The first kappa shape index (κ1) is 7.41. The van der Waals surface area contributed by atoms with Crippen molar-refractivity contribution in [2.75, 3.05) is 0 Å². The van der Waals surface area contributed by atoms with E-state index in [0.29, 0.717) is 0 Å². The van der Waals surface area contributed by atoms with Crippen molar-refractivity contribution in [2.24, 2.45) is 0 Å². The Labute approximate surface area is 68.6 Å². The Bertz CT molecular complexity index is 266. The van der Waals surface area contributed by atoms with E-state index in [2.05, 4.69) is 10.5 Å². The second-order valence-corrected chi connectivity index (χ2v) is 1.88. The quantitative estimate of drug-likeness (QED) is 0.363. The van der Waals surface area contributed by atoms with Crippen molar-refractivity contribution >= 4 is 17.7 Å². The molecule has 44 valence electrons. The van der Waals surface area contributed by atoms with Crippen LogP contribution in [0.5, 0.6) is 0 Å². The van der Waals surface area contributed by atoms with Gasteiger partial charge in [0.05, 0.1) is 0 Å². The maximum absolute atomic E-state index is 12.3. The van der Waals surface area contributed by atoms with E-state index in [0.717, 1.165) is 5.56 Å². The van der Waals surface area contributed by atoms with E-state index in [1.54, 1.807) is 29.8 Å². The first-order valence-corrected chi connectivity index (χ1v) is 3.01. The molecule has 0 unspecified atom stereocenters. The van der Waals surface area contributed by atoms with Gasteiger partial charge in [0, 0.05) is 0 Å². The van der Waals surface area contributed by atoms with Gasteiger partial charge in [-0.05, 0) is 0 Å². The number of hydrogen-bond acceptors (Lipinski definition) is 0. The Morgan fingerprint density at radius 1 is 1.20 bits per heavy atom. The van der Waals surface area contributed by atoms with Crippen LogP contribution in [-0.4, -0.2) is 17.7 Å². The van der Waals surface area contributed by atoms with Crippen molar-refractivity contribution in [3.05, 3.63) is 35.6 Å². The van der Waals surface area contributed by atoms with Gasteiger partial charge in [0.25, 0.3) is 0 Å². The predicted octanol–water partition coefficient (Wildman–Crippen LogP) is 1.30. The van der Waals surface area contributed by atoms with E-state index in [4.69, 9.17) is 0 Å². The van der Waals surface area contributed by atoms with Crippen LogP contribution >= 0.6 is 0 Å². The minimum absolute atomic E-state index is 0.221. The molecule has 0 saturated heterocycles. The zero-order valence-electron chi connectivity index (χ0n) is 5.69. The number of rotatable bonds is 0. The average molecular weight is 126 g/mol. The summed E-state index contributed by atoms with van der Waals surface area (Å²) in [5, 5.41) is 0. The van der Waals surface area contributed by atoms with E-state index < -0.39 is 0 Å². The Morgan fingerprint density at radius 3 is 2.30 bits per heavy atom. The summed E-state index contributed by atoms with van der Waals surface area (Å²) in [6, 6.07) is 6.12. The van der Waals surface area contributed by atoms with Gasteiger partial charge < -0.3 is 0 Å². The van der Waals surface area contributed by atoms with Crippen molar-refractivity contribution in [2.45, 2.75) is 0 Å². The van der Waals surface area contributed by atoms with Crippen LogP contribution in [0.25, 0.3) is 0 Å². The first-order chi connectivity index (χ1) is 4.83. The standard InChI is InChI=1S/C8H4F.Li/c1-2-7-3-5-8(9)6-4-7;/h3-6H;. The SMILES string of the molecule is [Li][C]#Cc1ccc(F)cc1. The summed E-state index contributed by atoms with van der Waals surface area (Å²) in [6.45, 7) is 0. The second kappa shape index (κ2) is 3.47. The van der Waals surface area contributed by atoms with E-state index in [-0.39, 0.29) is 5.82 Å². The van der Waals surface area contributed by atoms with Gasteiger partial charge in [-0.25, -0.2) is 0 Å². The van der Waals surface area contributed by atoms with Gasteiger partial charge in [-0.3, -0.25) is 0 Å². The van der Waals surface area contributed by atoms with Gasteiger partial charge in [-0.1, -0.05) is 0 Å². The molecule has 1 aromatic carbocycles. The summed E-state index contributed by atoms with van der Waals surface area (Å²) in [5.41, 5.74) is 0.851. The number of benzene rings is 1. The summed E-state index contributed by atoms with van der Waals surface area (Å²) in [5.74, 6) is 2.60. The minimum atomic E-state index is -0.221. The summed E-state index contributed by atoms with van der Waals surface area (Å²) in [4.78, 5) is 0. The molecule has 0 aromatic heterocycles. The molecule has 0 radical (unpaired) electrons. The summed E-state index contributed by atoms with van der Waals surface area (Å²) >= 11 is 1.75. The predicted molar refractivity (Wildman–Crippen MR) is 39.0 cm³/mol. The summed E-state index contributed by atoms with van der Waals surface area (Å²) in [6.07, 6.45) is 0. The fraction of sp³-hybridized carbons (Fsp3) is 0. The van der Waals surface area contributed by atoms with Crippen LogP contribution in [0.4, 0.5) is 4.39 Å². The van der Waals surface area contributed by atoms with Gasteiger partial charge in [-0.2, -0.15) is 0 Å². The Balaban J connectivity index is 2.97. The van der Waals surface area contributed by atoms with Crippen molar-refractivity contribution in [1.82, 2.24) is 0 Å². The molecule has 0 saturated carbocycles. The van der Waals surface area contributed by atoms with E-state index in [1.807, 2.05) is 0 Å². The zero-order valence-corrected chi connectivity index (χ0v) is 5.69. The molecule has 2 heteroatoms. The molecule has 0 aliphatic rings. The van der Waals surface area contributed by atoms with Crippen molar-refractivity contribution in [3.63, 3.8) is 0 Å². The molecule has 1 aromatic rings. The van der Waals surface area contributed by atoms with Crippen LogP contribution in [0.15, 0.2) is 24.3 Å². The van der Waals surface area contributed by atoms with Crippen LogP contribution in [0, 0.1) is 16.3 Å². The molecule has 0 aliphatic heterocycles. The molecule has 0 atom stereocenters. The third kappa shape index (κ3) is 1.92. The van der Waals surface area contributed by atoms with Crippen LogP contribution in [0.3, 0.4) is 0 Å². The normalized spacial score (nSPS) is 8.30. The average Bonchev–Trinajstić information content (AvgIpc) is 1.95. The molecule has 0 heterocycles. The molecule has 1 rings (SSSR count). The molecule has 0 fully saturated rings. The van der Waals surface area contributed by atoms with Crippen LogP contribution < -0.4 is 0 Å². The fourth-order valence-corrected chi connectivity index (χ4v) is 0.678. The molecule has 0 bridgehead atoms. The molecule has 10 heavy (non-hydrogen) atoms. The van der Waals surface area contributed by atoms with E-state index in [9.17, 15) is 4.39 Å². The van der Waals surface area contributed by atoms with Crippen molar-refractivity contribution < 1.29 is 4.39 Å². The van der Waals surface area contributed by atoms with E-state index >= 15 is 0 Å². The van der Waals surface area contributed by atoms with Gasteiger partial charge in [0.1, 0.15) is 0 Å². The van der Waals surface area contributed by atoms with Gasteiger partial charge >= 0.3 is 68.3 Å². The van der Waals surface area contributed by atoms with E-state index in [1.165, 1.54) is 12.1 Å². The number of halogens is 1. The molecule has 0 spiro atoms. The van der Waals surface area contributed by atoms with Crippen molar-refractivity contribution in [3.8, 4) is 10.5 Å². The second-order valence-electron chi connectivity index (χ2n) is 1.88. The molecular weight excluding hydrogens is 122 g/mol. The maximum atomic E-state index is 12.3. The molecule has 0 N–H and O–H groups in total. The number of hydrogen-bond donors (Lipinski definition) is 0. The Kier molecular flexibility index (Phi) is 2.57. The third-order valence-corrected chi connectivity index (χ3v) is 1.11. The third-order valence-electron chi connectivity index (χ3n) is 1.11. The zero-order chi connectivity index (χ0) is 7.40. The Hall–Kier alpha value is -0.693. The Morgan fingerprint density at radius 2 is 1.80 bits per heavy atom. The van der Waals surface area contributed by atoms with Gasteiger partial charge in [0.15, 0.2) is 0 Å². The molecule has 0 aliphatic carbocycles. The first-order valence-electron chi connectivity index (χ1n) is 3.01. The van der Waals surface area contributed by atoms with Crippen LogP contribution in [-0.2, 0) is 0 Å².